The zero-order valence-corrected chi connectivity index (χ0v) is 13.0. The fourth-order valence-corrected chi connectivity index (χ4v) is 2.40. The maximum Gasteiger partial charge on any atom is 0.147 e. The molecule has 112 valence electrons. The van der Waals surface area contributed by atoms with E-state index in [1.807, 2.05) is 6.08 Å². The second-order valence-electron chi connectivity index (χ2n) is 5.76. The fraction of sp³-hybridized carbons (Fsp3) is 0.200. The van der Waals surface area contributed by atoms with Crippen molar-refractivity contribution in [3.05, 3.63) is 82.1 Å². The third-order valence-electron chi connectivity index (χ3n) is 3.66. The average molecular weight is 292 g/mol. The third-order valence-corrected chi connectivity index (χ3v) is 3.66. The first-order chi connectivity index (χ1) is 10.7. The summed E-state index contributed by atoms with van der Waals surface area (Å²) in [5.74, 6) is 0.841. The topological polar surface area (TPSA) is 18.5 Å². The van der Waals surface area contributed by atoms with Gasteiger partial charge in [0, 0.05) is 6.42 Å². The highest BCUT2D eigenvalue weighted by atomic mass is 17.2. The second kappa shape index (κ2) is 6.63. The number of allylic oxidation sites excluding steroid dienone is 1. The van der Waals surface area contributed by atoms with Crippen molar-refractivity contribution in [2.75, 3.05) is 6.61 Å². The van der Waals surface area contributed by atoms with Gasteiger partial charge in [0.25, 0.3) is 0 Å². The van der Waals surface area contributed by atoms with Crippen LogP contribution in [0.2, 0.25) is 0 Å². The molecule has 0 bridgehead atoms. The smallest absolute Gasteiger partial charge is 0.147 e. The molecule has 0 N–H and O–H groups in total. The lowest BCUT2D eigenvalue weighted by molar-refractivity contribution is -0.265. The summed E-state index contributed by atoms with van der Waals surface area (Å²) in [5, 5.41) is 0. The minimum atomic E-state index is 0.513. The van der Waals surface area contributed by atoms with Crippen LogP contribution in [0.5, 0.6) is 0 Å². The number of rotatable bonds is 2. The zero-order chi connectivity index (χ0) is 15.4. The zero-order valence-electron chi connectivity index (χ0n) is 13.0. The predicted molar refractivity (Wildman–Crippen MR) is 90.0 cm³/mol. The van der Waals surface area contributed by atoms with Gasteiger partial charge in [-0.25, -0.2) is 0 Å². The van der Waals surface area contributed by atoms with E-state index in [-0.39, 0.29) is 0 Å². The molecule has 0 atom stereocenters. The van der Waals surface area contributed by atoms with Crippen molar-refractivity contribution in [3.63, 3.8) is 0 Å². The van der Waals surface area contributed by atoms with Gasteiger partial charge in [-0.15, -0.1) is 0 Å². The molecular weight excluding hydrogens is 272 g/mol. The summed E-state index contributed by atoms with van der Waals surface area (Å²) in [6.45, 7) is 4.69. The van der Waals surface area contributed by atoms with Crippen molar-refractivity contribution in [3.8, 4) is 0 Å². The third kappa shape index (κ3) is 3.86. The highest BCUT2D eigenvalue weighted by molar-refractivity contribution is 5.57. The number of hydrogen-bond donors (Lipinski definition) is 0. The van der Waals surface area contributed by atoms with E-state index in [0.717, 1.165) is 17.7 Å². The van der Waals surface area contributed by atoms with E-state index in [1.165, 1.54) is 22.3 Å². The van der Waals surface area contributed by atoms with Crippen LogP contribution < -0.4 is 0 Å². The van der Waals surface area contributed by atoms with Gasteiger partial charge < -0.3 is 4.89 Å². The lowest BCUT2D eigenvalue weighted by Crippen LogP contribution is -2.09. The Morgan fingerprint density at radius 1 is 0.773 bits per heavy atom. The Morgan fingerprint density at radius 2 is 1.32 bits per heavy atom. The Hall–Kier alpha value is -2.32. The lowest BCUT2D eigenvalue weighted by atomic mass is 10.0. The molecule has 0 aliphatic carbocycles. The van der Waals surface area contributed by atoms with Gasteiger partial charge in [-0.3, -0.25) is 0 Å². The summed E-state index contributed by atoms with van der Waals surface area (Å²) in [6, 6.07) is 16.9. The molecule has 0 radical (unpaired) electrons. The first-order valence-corrected chi connectivity index (χ1v) is 7.52. The van der Waals surface area contributed by atoms with Crippen molar-refractivity contribution in [2.45, 2.75) is 20.3 Å². The standard InChI is InChI=1S/C20H20O2/c1-15-3-7-17(8-4-15)11-19-13-20(22-21-14-19)12-18-9-5-16(2)6-10-18/h3-12H,13-14H2,1-2H3. The first-order valence-electron chi connectivity index (χ1n) is 7.52. The van der Waals surface area contributed by atoms with Crippen LogP contribution in [-0.2, 0) is 9.78 Å². The van der Waals surface area contributed by atoms with Crippen LogP contribution in [0, 0.1) is 13.8 Å². The molecule has 0 spiro atoms. The molecule has 1 fully saturated rings. The van der Waals surface area contributed by atoms with E-state index in [1.54, 1.807) is 0 Å². The van der Waals surface area contributed by atoms with E-state index in [9.17, 15) is 0 Å². The summed E-state index contributed by atoms with van der Waals surface area (Å²) in [5.41, 5.74) is 6.06. The highest BCUT2D eigenvalue weighted by Crippen LogP contribution is 2.24. The molecule has 2 nitrogen and oxygen atoms in total. The molecule has 0 amide bonds. The van der Waals surface area contributed by atoms with Crippen molar-refractivity contribution >= 4 is 12.2 Å². The second-order valence-corrected chi connectivity index (χ2v) is 5.76. The van der Waals surface area contributed by atoms with Gasteiger partial charge in [0.05, 0.1) is 0 Å². The van der Waals surface area contributed by atoms with Crippen LogP contribution in [0.3, 0.4) is 0 Å². The van der Waals surface area contributed by atoms with Crippen LogP contribution in [0.1, 0.15) is 28.7 Å². The summed E-state index contributed by atoms with van der Waals surface area (Å²) in [6.07, 6.45) is 4.98. The molecule has 0 saturated carbocycles. The van der Waals surface area contributed by atoms with Crippen LogP contribution >= 0.6 is 0 Å². The predicted octanol–water partition coefficient (Wildman–Crippen LogP) is 5.08. The monoisotopic (exact) mass is 292 g/mol. The fourth-order valence-electron chi connectivity index (χ4n) is 2.40. The van der Waals surface area contributed by atoms with Gasteiger partial charge in [-0.2, -0.15) is 4.89 Å². The van der Waals surface area contributed by atoms with E-state index in [0.29, 0.717) is 6.61 Å². The summed E-state index contributed by atoms with van der Waals surface area (Å²) < 4.78 is 0. The van der Waals surface area contributed by atoms with Crippen molar-refractivity contribution in [2.24, 2.45) is 0 Å². The van der Waals surface area contributed by atoms with Crippen LogP contribution in [0.4, 0.5) is 0 Å². The Morgan fingerprint density at radius 3 is 1.91 bits per heavy atom. The molecular formula is C20H20O2. The van der Waals surface area contributed by atoms with E-state index < -0.39 is 0 Å². The Kier molecular flexibility index (Phi) is 4.40. The van der Waals surface area contributed by atoms with Crippen molar-refractivity contribution in [1.29, 1.82) is 0 Å². The quantitative estimate of drug-likeness (QED) is 0.719. The highest BCUT2D eigenvalue weighted by Gasteiger charge is 2.13. The van der Waals surface area contributed by atoms with E-state index in [2.05, 4.69) is 68.5 Å². The van der Waals surface area contributed by atoms with Crippen molar-refractivity contribution in [1.82, 2.24) is 0 Å². The molecule has 22 heavy (non-hydrogen) atoms. The SMILES string of the molecule is Cc1ccc(C=C2COOC(=Cc3ccc(C)cc3)C2)cc1. The molecule has 1 heterocycles. The molecule has 1 aliphatic rings. The molecule has 1 saturated heterocycles. The van der Waals surface area contributed by atoms with Crippen LogP contribution in [-0.4, -0.2) is 6.61 Å². The number of hydrogen-bond acceptors (Lipinski definition) is 2. The molecule has 0 aromatic heterocycles. The average Bonchev–Trinajstić information content (AvgIpc) is 2.52. The van der Waals surface area contributed by atoms with Gasteiger partial charge in [0.15, 0.2) is 0 Å². The minimum absolute atomic E-state index is 0.513. The molecule has 1 aliphatic heterocycles. The molecule has 3 rings (SSSR count). The molecule has 2 aromatic rings. The lowest BCUT2D eigenvalue weighted by Gasteiger charge is -2.17. The van der Waals surface area contributed by atoms with Gasteiger partial charge >= 0.3 is 0 Å². The van der Waals surface area contributed by atoms with Crippen molar-refractivity contribution < 1.29 is 9.78 Å². The normalized spacial score (nSPS) is 18.5. The summed E-state index contributed by atoms with van der Waals surface area (Å²) >= 11 is 0. The van der Waals surface area contributed by atoms with Crippen LogP contribution in [0.25, 0.3) is 12.2 Å². The maximum atomic E-state index is 5.32. The number of benzene rings is 2. The molecule has 2 heteroatoms. The van der Waals surface area contributed by atoms with E-state index in [4.69, 9.17) is 9.78 Å². The van der Waals surface area contributed by atoms with Gasteiger partial charge in [0.1, 0.15) is 12.4 Å². The summed E-state index contributed by atoms with van der Waals surface area (Å²) in [7, 11) is 0. The summed E-state index contributed by atoms with van der Waals surface area (Å²) in [4.78, 5) is 10.6. The minimum Gasteiger partial charge on any atom is -0.341 e. The van der Waals surface area contributed by atoms with Crippen LogP contribution in [0.15, 0.2) is 59.9 Å². The van der Waals surface area contributed by atoms with E-state index >= 15 is 0 Å². The van der Waals surface area contributed by atoms with Gasteiger partial charge in [-0.1, -0.05) is 65.7 Å². The Bertz CT molecular complexity index is 630. The first kappa shape index (κ1) is 14.6. The Balaban J connectivity index is 1.76. The largest absolute Gasteiger partial charge is 0.341 e. The Labute approximate surface area is 131 Å². The molecule has 0 unspecified atom stereocenters. The number of aryl methyl sites for hydroxylation is 2. The van der Waals surface area contributed by atoms with Gasteiger partial charge in [0.2, 0.25) is 0 Å². The van der Waals surface area contributed by atoms with Gasteiger partial charge in [-0.05, 0) is 36.6 Å². The molecule has 2 aromatic carbocycles. The maximum absolute atomic E-state index is 5.32.